The van der Waals surface area contributed by atoms with Gasteiger partial charge in [-0.25, -0.2) is 8.42 Å². The van der Waals surface area contributed by atoms with Gasteiger partial charge in [-0.1, -0.05) is 29.8 Å². The highest BCUT2D eigenvalue weighted by molar-refractivity contribution is 7.88. The monoisotopic (exact) mass is 325 g/mol. The second kappa shape index (κ2) is 6.76. The Kier molecular flexibility index (Phi) is 5.20. The first-order valence-electron chi connectivity index (χ1n) is 7.36. The third-order valence-corrected chi connectivity index (χ3v) is 5.95. The summed E-state index contributed by atoms with van der Waals surface area (Å²) in [5, 5.41) is 0. The third kappa shape index (κ3) is 4.06. The highest BCUT2D eigenvalue weighted by Gasteiger charge is 2.30. The zero-order chi connectivity index (χ0) is 16.3. The number of primary amides is 1. The molecule has 1 saturated heterocycles. The standard InChI is InChI=1S/C15H23N3O3S/c1-12-3-5-14(6-4-12)11-22(20,21)18-9-7-17(8-10-18)13(2)15(16)19/h3-6,13H,7-11H2,1-2H3,(H2,16,19). The van der Waals surface area contributed by atoms with Crippen LogP contribution in [-0.2, 0) is 20.6 Å². The second-order valence-electron chi connectivity index (χ2n) is 5.76. The van der Waals surface area contributed by atoms with Crippen molar-refractivity contribution in [3.8, 4) is 0 Å². The zero-order valence-electron chi connectivity index (χ0n) is 13.0. The number of carbonyl (C=O) groups excluding carboxylic acids is 1. The minimum atomic E-state index is -3.33. The van der Waals surface area contributed by atoms with Crippen molar-refractivity contribution in [2.75, 3.05) is 26.2 Å². The first-order valence-corrected chi connectivity index (χ1v) is 8.97. The molecule has 0 aliphatic carbocycles. The van der Waals surface area contributed by atoms with Gasteiger partial charge in [0.2, 0.25) is 15.9 Å². The average Bonchev–Trinajstić information content (AvgIpc) is 2.48. The minimum Gasteiger partial charge on any atom is -0.368 e. The maximum Gasteiger partial charge on any atom is 0.234 e. The minimum absolute atomic E-state index is 0.0126. The molecule has 22 heavy (non-hydrogen) atoms. The Balaban J connectivity index is 1.97. The fourth-order valence-corrected chi connectivity index (χ4v) is 4.05. The van der Waals surface area contributed by atoms with Gasteiger partial charge in [0.05, 0.1) is 11.8 Å². The van der Waals surface area contributed by atoms with Crippen molar-refractivity contribution in [2.45, 2.75) is 25.6 Å². The lowest BCUT2D eigenvalue weighted by molar-refractivity contribution is -0.123. The Morgan fingerprint density at radius 2 is 1.73 bits per heavy atom. The molecule has 0 bridgehead atoms. The lowest BCUT2D eigenvalue weighted by Gasteiger charge is -2.36. The lowest BCUT2D eigenvalue weighted by Crippen LogP contribution is -2.54. The summed E-state index contributed by atoms with van der Waals surface area (Å²) in [7, 11) is -3.33. The van der Waals surface area contributed by atoms with Crippen LogP contribution in [0.25, 0.3) is 0 Å². The molecule has 0 spiro atoms. The van der Waals surface area contributed by atoms with Crippen molar-refractivity contribution >= 4 is 15.9 Å². The van der Waals surface area contributed by atoms with Crippen LogP contribution in [0.1, 0.15) is 18.1 Å². The van der Waals surface area contributed by atoms with Gasteiger partial charge < -0.3 is 5.73 Å². The number of carbonyl (C=O) groups is 1. The number of benzene rings is 1. The normalized spacial score (nSPS) is 19.0. The van der Waals surface area contributed by atoms with Crippen LogP contribution in [0.4, 0.5) is 0 Å². The Morgan fingerprint density at radius 1 is 1.18 bits per heavy atom. The molecule has 1 atom stereocenters. The predicted octanol–water partition coefficient (Wildman–Crippen LogP) is 0.316. The van der Waals surface area contributed by atoms with Crippen LogP contribution in [-0.4, -0.2) is 55.8 Å². The molecule has 1 aliphatic heterocycles. The largest absolute Gasteiger partial charge is 0.368 e. The Bertz CT molecular complexity index is 620. The smallest absolute Gasteiger partial charge is 0.234 e. The first kappa shape index (κ1) is 16.9. The summed E-state index contributed by atoms with van der Waals surface area (Å²) in [5.41, 5.74) is 7.19. The molecule has 7 heteroatoms. The molecule has 2 rings (SSSR count). The fourth-order valence-electron chi connectivity index (χ4n) is 2.54. The summed E-state index contributed by atoms with van der Waals surface area (Å²) in [6.45, 7) is 5.56. The van der Waals surface area contributed by atoms with Gasteiger partial charge in [-0.15, -0.1) is 0 Å². The van der Waals surface area contributed by atoms with Gasteiger partial charge in [-0.05, 0) is 19.4 Å². The number of nitrogens with two attached hydrogens (primary N) is 1. The number of aryl methyl sites for hydroxylation is 1. The summed E-state index contributed by atoms with van der Waals surface area (Å²) >= 11 is 0. The molecule has 0 aromatic heterocycles. The number of nitrogens with zero attached hydrogens (tertiary/aromatic N) is 2. The molecule has 1 aliphatic rings. The van der Waals surface area contributed by atoms with Crippen LogP contribution in [0, 0.1) is 6.92 Å². The molecule has 1 amide bonds. The van der Waals surface area contributed by atoms with Crippen LogP contribution in [0.15, 0.2) is 24.3 Å². The number of amides is 1. The first-order chi connectivity index (χ1) is 10.3. The van der Waals surface area contributed by atoms with Crippen molar-refractivity contribution in [2.24, 2.45) is 5.73 Å². The van der Waals surface area contributed by atoms with E-state index in [1.807, 2.05) is 36.1 Å². The van der Waals surface area contributed by atoms with Gasteiger partial charge in [0.15, 0.2) is 0 Å². The van der Waals surface area contributed by atoms with Crippen LogP contribution in [0.2, 0.25) is 0 Å². The average molecular weight is 325 g/mol. The van der Waals surface area contributed by atoms with Gasteiger partial charge in [0.25, 0.3) is 0 Å². The maximum absolute atomic E-state index is 12.5. The summed E-state index contributed by atoms with van der Waals surface area (Å²) < 4.78 is 26.4. The van der Waals surface area contributed by atoms with E-state index in [4.69, 9.17) is 5.73 Å². The number of sulfonamides is 1. The van der Waals surface area contributed by atoms with Crippen molar-refractivity contribution in [3.63, 3.8) is 0 Å². The molecular weight excluding hydrogens is 302 g/mol. The fraction of sp³-hybridized carbons (Fsp3) is 0.533. The Labute approximate surface area is 131 Å². The van der Waals surface area contributed by atoms with E-state index in [2.05, 4.69) is 0 Å². The number of hydrogen-bond acceptors (Lipinski definition) is 4. The maximum atomic E-state index is 12.5. The van der Waals surface area contributed by atoms with Crippen LogP contribution < -0.4 is 5.73 Å². The highest BCUT2D eigenvalue weighted by atomic mass is 32.2. The topological polar surface area (TPSA) is 83.7 Å². The van der Waals surface area contributed by atoms with E-state index in [1.165, 1.54) is 4.31 Å². The number of piperazine rings is 1. The van der Waals surface area contributed by atoms with Crippen molar-refractivity contribution in [1.29, 1.82) is 0 Å². The van der Waals surface area contributed by atoms with E-state index in [0.29, 0.717) is 26.2 Å². The van der Waals surface area contributed by atoms with Crippen molar-refractivity contribution < 1.29 is 13.2 Å². The molecule has 122 valence electrons. The van der Waals surface area contributed by atoms with Gasteiger partial charge in [-0.2, -0.15) is 4.31 Å². The highest BCUT2D eigenvalue weighted by Crippen LogP contribution is 2.15. The molecule has 0 radical (unpaired) electrons. The summed E-state index contributed by atoms with van der Waals surface area (Å²) in [6.07, 6.45) is 0. The van der Waals surface area contributed by atoms with Crippen LogP contribution in [0.5, 0.6) is 0 Å². The van der Waals surface area contributed by atoms with Gasteiger partial charge >= 0.3 is 0 Å². The van der Waals surface area contributed by atoms with E-state index in [1.54, 1.807) is 6.92 Å². The quantitative estimate of drug-likeness (QED) is 0.845. The van der Waals surface area contributed by atoms with Crippen molar-refractivity contribution in [1.82, 2.24) is 9.21 Å². The second-order valence-corrected chi connectivity index (χ2v) is 7.72. The van der Waals surface area contributed by atoms with E-state index in [9.17, 15) is 13.2 Å². The van der Waals surface area contributed by atoms with Gasteiger partial charge in [-0.3, -0.25) is 9.69 Å². The Hall–Kier alpha value is -1.44. The van der Waals surface area contributed by atoms with E-state index in [-0.39, 0.29) is 17.7 Å². The molecule has 1 fully saturated rings. The van der Waals surface area contributed by atoms with Gasteiger partial charge in [0.1, 0.15) is 0 Å². The molecule has 6 nitrogen and oxygen atoms in total. The van der Waals surface area contributed by atoms with Crippen molar-refractivity contribution in [3.05, 3.63) is 35.4 Å². The number of rotatable bonds is 5. The van der Waals surface area contributed by atoms with E-state index in [0.717, 1.165) is 11.1 Å². The molecule has 1 aromatic rings. The molecule has 1 aromatic carbocycles. The van der Waals surface area contributed by atoms with E-state index < -0.39 is 10.0 Å². The molecule has 1 heterocycles. The molecule has 0 saturated carbocycles. The molecular formula is C15H23N3O3S. The van der Waals surface area contributed by atoms with E-state index >= 15 is 0 Å². The van der Waals surface area contributed by atoms with Gasteiger partial charge in [0, 0.05) is 26.2 Å². The number of hydrogen-bond donors (Lipinski definition) is 1. The summed E-state index contributed by atoms with van der Waals surface area (Å²) in [6, 6.07) is 7.16. The third-order valence-electron chi connectivity index (χ3n) is 4.10. The lowest BCUT2D eigenvalue weighted by atomic mass is 10.2. The summed E-state index contributed by atoms with van der Waals surface area (Å²) in [5.74, 6) is -0.366. The Morgan fingerprint density at radius 3 is 2.23 bits per heavy atom. The zero-order valence-corrected chi connectivity index (χ0v) is 13.8. The van der Waals surface area contributed by atoms with Crippen LogP contribution >= 0.6 is 0 Å². The molecule has 1 unspecified atom stereocenters. The van der Waals surface area contributed by atoms with Crippen LogP contribution in [0.3, 0.4) is 0 Å². The SMILES string of the molecule is Cc1ccc(CS(=O)(=O)N2CCN(C(C)C(N)=O)CC2)cc1. The summed E-state index contributed by atoms with van der Waals surface area (Å²) in [4.78, 5) is 13.1. The predicted molar refractivity (Wildman–Crippen MR) is 85.6 cm³/mol. The molecule has 2 N–H and O–H groups in total.